The lowest BCUT2D eigenvalue weighted by Gasteiger charge is -2.34. The predicted octanol–water partition coefficient (Wildman–Crippen LogP) is 2.10. The molecule has 0 spiro atoms. The number of amides is 1. The van der Waals surface area contributed by atoms with Gasteiger partial charge in [0.2, 0.25) is 0 Å². The molecule has 2 N–H and O–H groups in total. The van der Waals surface area contributed by atoms with Gasteiger partial charge in [0.15, 0.2) is 0 Å². The van der Waals surface area contributed by atoms with Crippen molar-refractivity contribution in [1.29, 1.82) is 0 Å². The van der Waals surface area contributed by atoms with Crippen LogP contribution in [0.15, 0.2) is 24.8 Å². The first kappa shape index (κ1) is 18.7. The number of nitrogens with zero attached hydrogens (tertiary/aromatic N) is 1. The van der Waals surface area contributed by atoms with Crippen LogP contribution in [-0.2, 0) is 4.74 Å². The Labute approximate surface area is 121 Å². The van der Waals surface area contributed by atoms with Crippen LogP contribution in [0.2, 0.25) is 0 Å². The summed E-state index contributed by atoms with van der Waals surface area (Å²) in [6, 6.07) is -0.750. The number of aliphatic hydroxyl groups is 2. The van der Waals surface area contributed by atoms with E-state index in [4.69, 9.17) is 4.74 Å². The number of carbonyl (C=O) groups is 1. The molecule has 5 nitrogen and oxygen atoms in total. The van der Waals surface area contributed by atoms with Crippen LogP contribution in [0.4, 0.5) is 4.79 Å². The Hall–Kier alpha value is -1.33. The van der Waals surface area contributed by atoms with E-state index in [9.17, 15) is 15.0 Å². The standard InChI is InChI=1S/C15H27NO4/c1-7-8-16(14(19)20-15(4,5)6)12(10-17)13(18)9-11(2)3/h7,12-13,17-18H,1-2,8-10H2,3-6H3/t12-,13+/m0/s1. The molecule has 0 radical (unpaired) electrons. The van der Waals surface area contributed by atoms with E-state index in [1.165, 1.54) is 11.0 Å². The average Bonchev–Trinajstić information content (AvgIpc) is 2.25. The highest BCUT2D eigenvalue weighted by Crippen LogP contribution is 2.16. The third-order valence-corrected chi connectivity index (χ3v) is 2.54. The van der Waals surface area contributed by atoms with Crippen molar-refractivity contribution >= 4 is 6.09 Å². The van der Waals surface area contributed by atoms with E-state index in [-0.39, 0.29) is 13.2 Å². The minimum Gasteiger partial charge on any atom is -0.444 e. The molecule has 0 aliphatic rings. The number of hydrogen-bond donors (Lipinski definition) is 2. The van der Waals surface area contributed by atoms with Gasteiger partial charge in [-0.1, -0.05) is 11.6 Å². The maximum atomic E-state index is 12.2. The molecule has 0 aromatic rings. The zero-order valence-electron chi connectivity index (χ0n) is 12.9. The summed E-state index contributed by atoms with van der Waals surface area (Å²) in [5.74, 6) is 0. The van der Waals surface area contributed by atoms with E-state index in [0.29, 0.717) is 6.42 Å². The lowest BCUT2D eigenvalue weighted by atomic mass is 10.0. The van der Waals surface area contributed by atoms with E-state index in [2.05, 4.69) is 13.2 Å². The number of aliphatic hydroxyl groups excluding tert-OH is 2. The maximum absolute atomic E-state index is 12.2. The van der Waals surface area contributed by atoms with E-state index >= 15 is 0 Å². The Morgan fingerprint density at radius 1 is 1.45 bits per heavy atom. The van der Waals surface area contributed by atoms with Crippen LogP contribution in [0.25, 0.3) is 0 Å². The van der Waals surface area contributed by atoms with Crippen LogP contribution in [0.3, 0.4) is 0 Å². The fraction of sp³-hybridized carbons (Fsp3) is 0.667. The van der Waals surface area contributed by atoms with Gasteiger partial charge in [-0.3, -0.25) is 4.90 Å². The largest absolute Gasteiger partial charge is 0.444 e. The first-order chi connectivity index (χ1) is 9.12. The number of carbonyl (C=O) groups excluding carboxylic acids is 1. The van der Waals surface area contributed by atoms with Gasteiger partial charge in [0.1, 0.15) is 5.60 Å². The average molecular weight is 285 g/mol. The Kier molecular flexibility index (Phi) is 7.53. The lowest BCUT2D eigenvalue weighted by Crippen LogP contribution is -2.50. The molecular weight excluding hydrogens is 258 g/mol. The molecule has 0 aliphatic carbocycles. The lowest BCUT2D eigenvalue weighted by molar-refractivity contribution is -0.0153. The highest BCUT2D eigenvalue weighted by molar-refractivity contribution is 5.69. The molecule has 5 heteroatoms. The highest BCUT2D eigenvalue weighted by atomic mass is 16.6. The second kappa shape index (κ2) is 8.07. The van der Waals surface area contributed by atoms with Crippen molar-refractivity contribution in [2.24, 2.45) is 0 Å². The quantitative estimate of drug-likeness (QED) is 0.703. The molecule has 0 aromatic carbocycles. The van der Waals surface area contributed by atoms with Gasteiger partial charge in [0.25, 0.3) is 0 Å². The van der Waals surface area contributed by atoms with Gasteiger partial charge in [-0.2, -0.15) is 0 Å². The summed E-state index contributed by atoms with van der Waals surface area (Å²) >= 11 is 0. The molecule has 0 saturated heterocycles. The predicted molar refractivity (Wildman–Crippen MR) is 79.4 cm³/mol. The number of hydrogen-bond acceptors (Lipinski definition) is 4. The smallest absolute Gasteiger partial charge is 0.410 e. The SMILES string of the molecule is C=CCN(C(=O)OC(C)(C)C)[C@@H](CO)[C@H](O)CC(=C)C. The summed E-state index contributed by atoms with van der Waals surface area (Å²) in [4.78, 5) is 13.4. The van der Waals surface area contributed by atoms with Crippen molar-refractivity contribution in [2.75, 3.05) is 13.2 Å². The first-order valence-electron chi connectivity index (χ1n) is 6.66. The monoisotopic (exact) mass is 285 g/mol. The molecule has 0 aromatic heterocycles. The molecule has 1 amide bonds. The molecule has 0 saturated carbocycles. The third-order valence-electron chi connectivity index (χ3n) is 2.54. The summed E-state index contributed by atoms with van der Waals surface area (Å²) in [5, 5.41) is 19.6. The fourth-order valence-electron chi connectivity index (χ4n) is 1.73. The topological polar surface area (TPSA) is 70.0 Å². The van der Waals surface area contributed by atoms with Gasteiger partial charge >= 0.3 is 6.09 Å². The number of ether oxygens (including phenoxy) is 1. The summed E-state index contributed by atoms with van der Waals surface area (Å²) in [5.41, 5.74) is 0.134. The Morgan fingerprint density at radius 2 is 2.00 bits per heavy atom. The molecule has 0 unspecified atom stereocenters. The van der Waals surface area contributed by atoms with Gasteiger partial charge in [-0.15, -0.1) is 13.2 Å². The second-order valence-electron chi connectivity index (χ2n) is 5.90. The summed E-state index contributed by atoms with van der Waals surface area (Å²) < 4.78 is 5.28. The zero-order valence-corrected chi connectivity index (χ0v) is 12.9. The van der Waals surface area contributed by atoms with E-state index in [1.807, 2.05) is 0 Å². The van der Waals surface area contributed by atoms with Crippen LogP contribution < -0.4 is 0 Å². The van der Waals surface area contributed by atoms with Crippen molar-refractivity contribution < 1.29 is 19.7 Å². The van der Waals surface area contributed by atoms with Gasteiger partial charge in [0.05, 0.1) is 18.8 Å². The van der Waals surface area contributed by atoms with E-state index in [0.717, 1.165) is 5.57 Å². The highest BCUT2D eigenvalue weighted by Gasteiger charge is 2.31. The van der Waals surface area contributed by atoms with E-state index < -0.39 is 23.8 Å². The van der Waals surface area contributed by atoms with Crippen molar-refractivity contribution in [3.05, 3.63) is 24.8 Å². The minimum atomic E-state index is -0.898. The number of rotatable bonds is 7. The molecule has 0 rings (SSSR count). The zero-order chi connectivity index (χ0) is 15.9. The minimum absolute atomic E-state index is 0.188. The molecule has 2 atom stereocenters. The Morgan fingerprint density at radius 3 is 2.35 bits per heavy atom. The molecule has 0 heterocycles. The van der Waals surface area contributed by atoms with Crippen LogP contribution >= 0.6 is 0 Å². The van der Waals surface area contributed by atoms with Crippen molar-refractivity contribution in [1.82, 2.24) is 4.90 Å². The third kappa shape index (κ3) is 6.73. The normalized spacial score (nSPS) is 14.3. The Balaban J connectivity index is 5.05. The van der Waals surface area contributed by atoms with Gasteiger partial charge in [-0.25, -0.2) is 4.79 Å². The molecule has 20 heavy (non-hydrogen) atoms. The summed E-state index contributed by atoms with van der Waals surface area (Å²) in [6.45, 7) is 14.2. The van der Waals surface area contributed by atoms with Gasteiger partial charge in [-0.05, 0) is 34.1 Å². The molecular formula is C15H27NO4. The van der Waals surface area contributed by atoms with Crippen molar-refractivity contribution in [2.45, 2.75) is 51.9 Å². The maximum Gasteiger partial charge on any atom is 0.410 e. The van der Waals surface area contributed by atoms with Crippen LogP contribution in [0, 0.1) is 0 Å². The fourth-order valence-corrected chi connectivity index (χ4v) is 1.73. The van der Waals surface area contributed by atoms with Gasteiger partial charge < -0.3 is 14.9 Å². The molecule has 0 bridgehead atoms. The first-order valence-corrected chi connectivity index (χ1v) is 6.66. The van der Waals surface area contributed by atoms with Gasteiger partial charge in [0, 0.05) is 6.54 Å². The summed E-state index contributed by atoms with van der Waals surface area (Å²) in [6.07, 6.45) is 0.351. The van der Waals surface area contributed by atoms with Crippen LogP contribution in [0.1, 0.15) is 34.1 Å². The molecule has 0 fully saturated rings. The van der Waals surface area contributed by atoms with Crippen LogP contribution in [-0.4, -0.2) is 52.1 Å². The summed E-state index contributed by atoms with van der Waals surface area (Å²) in [7, 11) is 0. The Bertz CT molecular complexity index is 346. The molecule has 116 valence electrons. The van der Waals surface area contributed by atoms with E-state index in [1.54, 1.807) is 27.7 Å². The second-order valence-corrected chi connectivity index (χ2v) is 5.90. The van der Waals surface area contributed by atoms with Crippen molar-refractivity contribution in [3.63, 3.8) is 0 Å². The molecule has 0 aliphatic heterocycles. The van der Waals surface area contributed by atoms with Crippen LogP contribution in [0.5, 0.6) is 0 Å². The van der Waals surface area contributed by atoms with Crippen molar-refractivity contribution in [3.8, 4) is 0 Å².